The molecular weight excluding hydrogens is 734 g/mol. The van der Waals surface area contributed by atoms with E-state index in [1.807, 2.05) is 4.90 Å². The van der Waals surface area contributed by atoms with Crippen LogP contribution in [0.4, 0.5) is 51.1 Å². The second-order valence-electron chi connectivity index (χ2n) is 11.8. The van der Waals surface area contributed by atoms with E-state index in [-0.39, 0.29) is 77.9 Å². The summed E-state index contributed by atoms with van der Waals surface area (Å²) in [5.74, 6) is -1.02. The molecule has 0 unspecified atom stereocenters. The number of benzene rings is 3. The maximum atomic E-state index is 14.1. The van der Waals surface area contributed by atoms with Crippen LogP contribution >= 0.6 is 0 Å². The normalized spacial score (nSPS) is 13.7. The van der Waals surface area contributed by atoms with Crippen molar-refractivity contribution >= 4 is 47.2 Å². The number of morpholine rings is 1. The van der Waals surface area contributed by atoms with Crippen LogP contribution in [-0.4, -0.2) is 83.5 Å². The molecule has 1 aliphatic heterocycles. The Morgan fingerprint density at radius 1 is 0.792 bits per heavy atom. The summed E-state index contributed by atoms with van der Waals surface area (Å²) in [6.07, 6.45) is -12.4. The molecule has 2 heterocycles. The number of hydrogen-bond donors (Lipinski definition) is 1. The molecule has 0 aliphatic carbocycles. The molecule has 1 saturated heterocycles. The molecule has 1 aromatic heterocycles. The SMILES string of the molecule is O=C(O)CCCOc1ccccc1-c1ccc(C(F)(F)F)cc1CN(Cc1cc(C(F)(F)F)cc(C(F)(F)F)c1)c1ncc(N2CCOCC2)cn1.[NaH]. The van der Waals surface area contributed by atoms with Gasteiger partial charge in [-0.05, 0) is 59.5 Å². The molecule has 0 spiro atoms. The van der Waals surface area contributed by atoms with E-state index in [9.17, 15) is 44.3 Å². The van der Waals surface area contributed by atoms with Crippen LogP contribution in [0.2, 0.25) is 0 Å². The molecule has 0 radical (unpaired) electrons. The van der Waals surface area contributed by atoms with Crippen LogP contribution in [0.5, 0.6) is 5.75 Å². The molecule has 5 rings (SSSR count). The number of hydrogen-bond acceptors (Lipinski definition) is 7. The van der Waals surface area contributed by atoms with Gasteiger partial charge in [-0.1, -0.05) is 24.3 Å². The van der Waals surface area contributed by atoms with Crippen molar-refractivity contribution in [2.45, 2.75) is 44.5 Å². The minimum atomic E-state index is -5.14. The number of ether oxygens (including phenoxy) is 2. The molecule has 18 heteroatoms. The van der Waals surface area contributed by atoms with Crippen molar-refractivity contribution in [1.29, 1.82) is 0 Å². The van der Waals surface area contributed by atoms with E-state index >= 15 is 0 Å². The number of aliphatic carboxylic acids is 1. The van der Waals surface area contributed by atoms with Crippen molar-refractivity contribution in [3.8, 4) is 16.9 Å². The van der Waals surface area contributed by atoms with E-state index in [1.165, 1.54) is 29.4 Å². The van der Waals surface area contributed by atoms with Crippen molar-refractivity contribution in [3.63, 3.8) is 0 Å². The van der Waals surface area contributed by atoms with Gasteiger partial charge in [0.15, 0.2) is 0 Å². The molecule has 0 bridgehead atoms. The zero-order valence-corrected chi connectivity index (χ0v) is 27.2. The van der Waals surface area contributed by atoms with Crippen LogP contribution in [0, 0.1) is 0 Å². The summed E-state index contributed by atoms with van der Waals surface area (Å²) in [6, 6.07) is 10.2. The van der Waals surface area contributed by atoms with Gasteiger partial charge in [0.1, 0.15) is 5.75 Å². The molecule has 1 N–H and O–H groups in total. The first-order valence-electron chi connectivity index (χ1n) is 15.8. The Bertz CT molecular complexity index is 1820. The standard InChI is InChI=1S/C35H31F9N4O4.Na.H/c36-33(37,38)24-7-8-28(29-4-1-2-5-30(29)52-11-3-6-31(49)50)23(16-24)21-48(32-45-18-27(19-46-32)47-9-12-51-13-10-47)20-22-14-25(34(39,40)41)17-26(15-22)35(42,43)44;;/h1-2,4-5,7-8,14-19H,3,6,9-13,20-21H2,(H,49,50);;. The molecule has 3 aromatic carbocycles. The van der Waals surface area contributed by atoms with Gasteiger partial charge in [-0.2, -0.15) is 39.5 Å². The van der Waals surface area contributed by atoms with Crippen LogP contribution in [0.3, 0.4) is 0 Å². The molecule has 53 heavy (non-hydrogen) atoms. The van der Waals surface area contributed by atoms with E-state index < -0.39 is 59.8 Å². The Balaban J connectivity index is 0.00000627. The molecular formula is C35H32F9N4NaO4. The van der Waals surface area contributed by atoms with Gasteiger partial charge in [0.05, 0.1) is 54.6 Å². The molecule has 8 nitrogen and oxygen atoms in total. The summed E-state index contributed by atoms with van der Waals surface area (Å²) in [6.45, 7) is 0.659. The van der Waals surface area contributed by atoms with Gasteiger partial charge in [0.25, 0.3) is 0 Å². The number of carboxylic acids is 1. The zero-order chi connectivity index (χ0) is 37.7. The molecule has 0 amide bonds. The second kappa shape index (κ2) is 17.4. The van der Waals surface area contributed by atoms with Gasteiger partial charge in [-0.25, -0.2) is 9.97 Å². The van der Waals surface area contributed by atoms with E-state index in [0.717, 1.165) is 12.1 Å². The number of alkyl halides is 9. The fourth-order valence-corrected chi connectivity index (χ4v) is 5.58. The third-order valence-corrected chi connectivity index (χ3v) is 8.07. The fraction of sp³-hybridized carbons (Fsp3) is 0.343. The number of carboxylic acid groups (broad SMARTS) is 1. The molecule has 280 valence electrons. The molecule has 4 aromatic rings. The number of rotatable bonds is 12. The predicted molar refractivity (Wildman–Crippen MR) is 178 cm³/mol. The quantitative estimate of drug-likeness (QED) is 0.0888. The van der Waals surface area contributed by atoms with Crippen LogP contribution < -0.4 is 14.5 Å². The number of aromatic nitrogens is 2. The van der Waals surface area contributed by atoms with Gasteiger partial charge < -0.3 is 24.4 Å². The van der Waals surface area contributed by atoms with Gasteiger partial charge in [-0.15, -0.1) is 0 Å². The fourth-order valence-electron chi connectivity index (χ4n) is 5.58. The number of nitrogens with zero attached hydrogens (tertiary/aromatic N) is 4. The van der Waals surface area contributed by atoms with Crippen molar-refractivity contribution in [1.82, 2.24) is 9.97 Å². The first-order valence-corrected chi connectivity index (χ1v) is 15.8. The maximum absolute atomic E-state index is 14.1. The monoisotopic (exact) mass is 766 g/mol. The van der Waals surface area contributed by atoms with Crippen molar-refractivity contribution < 1.29 is 58.9 Å². The summed E-state index contributed by atoms with van der Waals surface area (Å²) >= 11 is 0. The summed E-state index contributed by atoms with van der Waals surface area (Å²) in [5.41, 5.74) is -3.59. The Labute approximate surface area is 319 Å². The van der Waals surface area contributed by atoms with Crippen LogP contribution in [0.1, 0.15) is 40.7 Å². The van der Waals surface area contributed by atoms with Crippen LogP contribution in [0.15, 0.2) is 73.1 Å². The van der Waals surface area contributed by atoms with Gasteiger partial charge in [0, 0.05) is 38.2 Å². The molecule has 0 saturated carbocycles. The third-order valence-electron chi connectivity index (χ3n) is 8.07. The molecule has 1 aliphatic rings. The Kier molecular flexibility index (Phi) is 13.7. The number of carbonyl (C=O) groups is 1. The average molecular weight is 767 g/mol. The first kappa shape index (κ1) is 41.7. The van der Waals surface area contributed by atoms with Gasteiger partial charge in [0.2, 0.25) is 5.95 Å². The Hall–Kier alpha value is -4.06. The first-order chi connectivity index (χ1) is 24.5. The van der Waals surface area contributed by atoms with Gasteiger partial charge >= 0.3 is 54.1 Å². The summed E-state index contributed by atoms with van der Waals surface area (Å²) in [7, 11) is 0. The van der Waals surface area contributed by atoms with Crippen molar-refractivity contribution in [2.24, 2.45) is 0 Å². The topological polar surface area (TPSA) is 88.0 Å². The van der Waals surface area contributed by atoms with E-state index in [0.29, 0.717) is 49.7 Å². The van der Waals surface area contributed by atoms with Crippen LogP contribution in [-0.2, 0) is 41.1 Å². The summed E-state index contributed by atoms with van der Waals surface area (Å²) < 4.78 is 136. The average Bonchev–Trinajstić information content (AvgIpc) is 3.09. The number of anilines is 2. The number of halogens is 9. The van der Waals surface area contributed by atoms with E-state index in [4.69, 9.17) is 14.6 Å². The summed E-state index contributed by atoms with van der Waals surface area (Å²) in [4.78, 5) is 22.7. The third kappa shape index (κ3) is 11.2. The van der Waals surface area contributed by atoms with Gasteiger partial charge in [-0.3, -0.25) is 4.79 Å². The minimum absolute atomic E-state index is 0. The van der Waals surface area contributed by atoms with E-state index in [1.54, 1.807) is 18.2 Å². The number of para-hydroxylation sites is 1. The Morgan fingerprint density at radius 3 is 1.98 bits per heavy atom. The van der Waals surface area contributed by atoms with Crippen LogP contribution in [0.25, 0.3) is 11.1 Å². The molecule has 0 atom stereocenters. The second-order valence-corrected chi connectivity index (χ2v) is 11.8. The van der Waals surface area contributed by atoms with Crippen molar-refractivity contribution in [3.05, 3.63) is 101 Å². The molecule has 1 fully saturated rings. The van der Waals surface area contributed by atoms with Crippen molar-refractivity contribution in [2.75, 3.05) is 42.7 Å². The predicted octanol–water partition coefficient (Wildman–Crippen LogP) is 7.84. The summed E-state index contributed by atoms with van der Waals surface area (Å²) in [5, 5.41) is 8.97. The Morgan fingerprint density at radius 2 is 1.40 bits per heavy atom. The van der Waals surface area contributed by atoms with E-state index in [2.05, 4.69) is 9.97 Å². The zero-order valence-electron chi connectivity index (χ0n) is 27.2.